The molecule has 0 spiro atoms. The molecule has 0 bridgehead atoms. The number of carbonyl (C=O) groups excluding carboxylic acids is 1. The number of benzene rings is 1. The highest BCUT2D eigenvalue weighted by molar-refractivity contribution is 7.99. The van der Waals surface area contributed by atoms with Crippen LogP contribution < -0.4 is 5.32 Å². The van der Waals surface area contributed by atoms with Crippen molar-refractivity contribution in [2.24, 2.45) is 0 Å². The zero-order valence-electron chi connectivity index (χ0n) is 11.1. The second-order valence-electron chi connectivity index (χ2n) is 4.75. The Hall–Kier alpha value is -1.17. The van der Waals surface area contributed by atoms with Crippen molar-refractivity contribution in [2.75, 3.05) is 5.75 Å². The van der Waals surface area contributed by atoms with E-state index in [0.717, 1.165) is 25.0 Å². The van der Waals surface area contributed by atoms with Crippen LogP contribution in [0.4, 0.5) is 13.2 Å². The summed E-state index contributed by atoms with van der Waals surface area (Å²) >= 11 is 1.73. The first kappa shape index (κ1) is 15.2. The van der Waals surface area contributed by atoms with Crippen LogP contribution in [0.25, 0.3) is 0 Å². The van der Waals surface area contributed by atoms with Gasteiger partial charge in [0.05, 0.1) is 0 Å². The summed E-state index contributed by atoms with van der Waals surface area (Å²) < 4.78 is 39.9. The molecule has 0 aliphatic heterocycles. The smallest absolute Gasteiger partial charge is 0.257 e. The fraction of sp³-hybridized carbons (Fsp3) is 0.500. The zero-order chi connectivity index (χ0) is 14.7. The van der Waals surface area contributed by atoms with Gasteiger partial charge >= 0.3 is 0 Å². The Morgan fingerprint density at radius 1 is 1.30 bits per heavy atom. The van der Waals surface area contributed by atoms with E-state index < -0.39 is 28.9 Å². The third-order valence-corrected chi connectivity index (χ3v) is 4.71. The van der Waals surface area contributed by atoms with Crippen LogP contribution >= 0.6 is 11.8 Å². The first-order valence-corrected chi connectivity index (χ1v) is 7.64. The predicted octanol–water partition coefficient (Wildman–Crippen LogP) is 3.51. The molecule has 2 unspecified atom stereocenters. The molecule has 1 saturated carbocycles. The van der Waals surface area contributed by atoms with Gasteiger partial charge in [0, 0.05) is 23.4 Å². The zero-order valence-corrected chi connectivity index (χ0v) is 11.9. The van der Waals surface area contributed by atoms with Crippen molar-refractivity contribution in [2.45, 2.75) is 37.5 Å². The molecular weight excluding hydrogens is 287 g/mol. The average Bonchev–Trinajstić information content (AvgIpc) is 2.75. The van der Waals surface area contributed by atoms with Gasteiger partial charge in [-0.3, -0.25) is 4.79 Å². The fourth-order valence-electron chi connectivity index (χ4n) is 2.50. The molecule has 0 heterocycles. The standard InChI is InChI=1S/C14H16F3NOS/c1-2-20-12-5-3-4-11(12)18-14(19)13-9(16)6-8(15)7-10(13)17/h6-7,11-12H,2-5H2,1H3,(H,18,19). The van der Waals surface area contributed by atoms with Crippen molar-refractivity contribution >= 4 is 17.7 Å². The lowest BCUT2D eigenvalue weighted by Gasteiger charge is -2.20. The van der Waals surface area contributed by atoms with Crippen molar-refractivity contribution in [3.63, 3.8) is 0 Å². The quantitative estimate of drug-likeness (QED) is 0.922. The van der Waals surface area contributed by atoms with Gasteiger partial charge in [-0.05, 0) is 18.6 Å². The normalized spacial score (nSPS) is 22.0. The Morgan fingerprint density at radius 2 is 1.95 bits per heavy atom. The van der Waals surface area contributed by atoms with Gasteiger partial charge in [-0.25, -0.2) is 13.2 Å². The summed E-state index contributed by atoms with van der Waals surface area (Å²) in [5, 5.41) is 2.94. The van der Waals surface area contributed by atoms with Crippen LogP contribution in [0.5, 0.6) is 0 Å². The molecular formula is C14H16F3NOS. The fourth-order valence-corrected chi connectivity index (χ4v) is 3.70. The van der Waals surface area contributed by atoms with Gasteiger partial charge in [0.15, 0.2) is 0 Å². The van der Waals surface area contributed by atoms with Crippen LogP contribution in [0, 0.1) is 17.5 Å². The number of carbonyl (C=O) groups is 1. The molecule has 2 rings (SSSR count). The molecule has 1 fully saturated rings. The van der Waals surface area contributed by atoms with E-state index in [-0.39, 0.29) is 11.3 Å². The minimum absolute atomic E-state index is 0.0868. The van der Waals surface area contributed by atoms with E-state index in [9.17, 15) is 18.0 Å². The lowest BCUT2D eigenvalue weighted by Crippen LogP contribution is -2.39. The minimum atomic E-state index is -1.17. The van der Waals surface area contributed by atoms with Crippen molar-refractivity contribution in [1.82, 2.24) is 5.32 Å². The Bertz CT molecular complexity index is 486. The molecule has 0 aromatic heterocycles. The second-order valence-corrected chi connectivity index (χ2v) is 6.27. The van der Waals surface area contributed by atoms with E-state index in [1.165, 1.54) is 0 Å². The van der Waals surface area contributed by atoms with E-state index in [1.807, 2.05) is 6.92 Å². The van der Waals surface area contributed by atoms with E-state index in [4.69, 9.17) is 0 Å². The summed E-state index contributed by atoms with van der Waals surface area (Å²) in [4.78, 5) is 12.0. The maximum absolute atomic E-state index is 13.5. The topological polar surface area (TPSA) is 29.1 Å². The molecule has 1 aliphatic rings. The third-order valence-electron chi connectivity index (χ3n) is 3.38. The van der Waals surface area contributed by atoms with Gasteiger partial charge < -0.3 is 5.32 Å². The molecule has 1 N–H and O–H groups in total. The van der Waals surface area contributed by atoms with Crippen LogP contribution in [0.2, 0.25) is 0 Å². The van der Waals surface area contributed by atoms with Crippen molar-refractivity contribution < 1.29 is 18.0 Å². The largest absolute Gasteiger partial charge is 0.348 e. The number of rotatable bonds is 4. The summed E-state index contributed by atoms with van der Waals surface area (Å²) in [5.41, 5.74) is -0.710. The first-order chi connectivity index (χ1) is 9.52. The molecule has 0 radical (unpaired) electrons. The van der Waals surface area contributed by atoms with Crippen LogP contribution in [-0.2, 0) is 0 Å². The van der Waals surface area contributed by atoms with E-state index in [2.05, 4.69) is 5.32 Å². The number of nitrogens with one attached hydrogen (secondary N) is 1. The number of hydrogen-bond acceptors (Lipinski definition) is 2. The van der Waals surface area contributed by atoms with Crippen LogP contribution in [0.3, 0.4) is 0 Å². The van der Waals surface area contributed by atoms with E-state index >= 15 is 0 Å². The molecule has 1 aromatic rings. The molecule has 6 heteroatoms. The molecule has 20 heavy (non-hydrogen) atoms. The number of thioether (sulfide) groups is 1. The van der Waals surface area contributed by atoms with Gasteiger partial charge in [0.2, 0.25) is 0 Å². The van der Waals surface area contributed by atoms with Gasteiger partial charge in [0.1, 0.15) is 23.0 Å². The highest BCUT2D eigenvalue weighted by Gasteiger charge is 2.30. The summed E-state index contributed by atoms with van der Waals surface area (Å²) in [6.45, 7) is 2.03. The summed E-state index contributed by atoms with van der Waals surface area (Å²) in [7, 11) is 0. The van der Waals surface area contributed by atoms with E-state index in [0.29, 0.717) is 12.1 Å². The maximum Gasteiger partial charge on any atom is 0.257 e. The summed E-state index contributed by atoms with van der Waals surface area (Å²) in [6, 6.07) is 0.951. The third kappa shape index (κ3) is 3.29. The maximum atomic E-state index is 13.5. The Balaban J connectivity index is 2.12. The van der Waals surface area contributed by atoms with Crippen molar-refractivity contribution in [1.29, 1.82) is 0 Å². The highest BCUT2D eigenvalue weighted by Crippen LogP contribution is 2.30. The monoisotopic (exact) mass is 303 g/mol. The summed E-state index contributed by atoms with van der Waals surface area (Å²) in [5.74, 6) is -3.25. The number of hydrogen-bond donors (Lipinski definition) is 1. The van der Waals surface area contributed by atoms with E-state index in [1.54, 1.807) is 11.8 Å². The Morgan fingerprint density at radius 3 is 2.55 bits per heavy atom. The molecule has 2 atom stereocenters. The molecule has 2 nitrogen and oxygen atoms in total. The second kappa shape index (κ2) is 6.52. The summed E-state index contributed by atoms with van der Waals surface area (Å²) in [6.07, 6.45) is 2.77. The SMILES string of the molecule is CCSC1CCCC1NC(=O)c1c(F)cc(F)cc1F. The molecule has 1 aliphatic carbocycles. The lowest BCUT2D eigenvalue weighted by atomic mass is 10.1. The molecule has 0 saturated heterocycles. The number of amides is 1. The molecule has 1 aromatic carbocycles. The van der Waals surface area contributed by atoms with Gasteiger partial charge in [-0.15, -0.1) is 0 Å². The molecule has 110 valence electrons. The van der Waals surface area contributed by atoms with Crippen LogP contribution in [-0.4, -0.2) is 23.0 Å². The van der Waals surface area contributed by atoms with Crippen LogP contribution in [0.1, 0.15) is 36.5 Å². The highest BCUT2D eigenvalue weighted by atomic mass is 32.2. The van der Waals surface area contributed by atoms with Gasteiger partial charge in [0.25, 0.3) is 5.91 Å². The average molecular weight is 303 g/mol. The molecule has 1 amide bonds. The number of halogens is 3. The predicted molar refractivity (Wildman–Crippen MR) is 73.3 cm³/mol. The van der Waals surface area contributed by atoms with Crippen LogP contribution in [0.15, 0.2) is 12.1 Å². The van der Waals surface area contributed by atoms with Crippen molar-refractivity contribution in [3.05, 3.63) is 35.1 Å². The van der Waals surface area contributed by atoms with Gasteiger partial charge in [-0.2, -0.15) is 11.8 Å². The minimum Gasteiger partial charge on any atom is -0.348 e. The Kier molecular flexibility index (Phi) is 4.96. The first-order valence-electron chi connectivity index (χ1n) is 6.60. The van der Waals surface area contributed by atoms with Crippen molar-refractivity contribution in [3.8, 4) is 0 Å². The lowest BCUT2D eigenvalue weighted by molar-refractivity contribution is 0.0930. The van der Waals surface area contributed by atoms with Gasteiger partial charge in [-0.1, -0.05) is 13.3 Å². The Labute approximate surface area is 120 Å².